The minimum absolute atomic E-state index is 1.06. The van der Waals surface area contributed by atoms with E-state index in [1.165, 1.54) is 38.5 Å². The average Bonchev–Trinajstić information content (AvgIpc) is 3.37. The summed E-state index contributed by atoms with van der Waals surface area (Å²) in [6.45, 7) is 0. The summed E-state index contributed by atoms with van der Waals surface area (Å²) in [5.74, 6) is 1.06. The topological polar surface area (TPSA) is 19.7 Å². The number of hydrogen-bond donors (Lipinski definition) is 1. The van der Waals surface area contributed by atoms with Gasteiger partial charge in [0.05, 0.1) is 5.56 Å². The van der Waals surface area contributed by atoms with Crippen LogP contribution in [0.3, 0.4) is 0 Å². The lowest BCUT2D eigenvalue weighted by Gasteiger charge is -2.13. The lowest BCUT2D eigenvalue weighted by atomic mass is 9.90. The average molecular weight is 474 g/mol. The number of fused-ring (bicyclic) bond motifs is 2. The minimum Gasteiger partial charge on any atom is -0.236 e. The van der Waals surface area contributed by atoms with Gasteiger partial charge in [-0.05, 0) is 46.2 Å². The smallest absolute Gasteiger partial charge is 0.236 e. The molecule has 1 N–H and O–H groups in total. The molecule has 2 heteroatoms. The molecule has 2 nitrogen and oxygen atoms in total. The Hall–Kier alpha value is -4.95. The third kappa shape index (κ3) is 3.54. The van der Waals surface area contributed by atoms with Crippen LogP contribution in [0.15, 0.2) is 146 Å². The lowest BCUT2D eigenvalue weighted by Crippen LogP contribution is -2.32. The van der Waals surface area contributed by atoms with Crippen LogP contribution in [0.4, 0.5) is 0 Å². The number of nitrogens with one attached hydrogen (secondary N) is 1. The van der Waals surface area contributed by atoms with Gasteiger partial charge < -0.3 is 0 Å². The van der Waals surface area contributed by atoms with Crippen molar-refractivity contribution in [1.29, 1.82) is 0 Å². The van der Waals surface area contributed by atoms with E-state index >= 15 is 0 Å². The second-order valence-electron chi connectivity index (χ2n) is 9.26. The van der Waals surface area contributed by atoms with Gasteiger partial charge in [-0.15, -0.1) is 0 Å². The third-order valence-electron chi connectivity index (χ3n) is 7.07. The predicted molar refractivity (Wildman–Crippen MR) is 154 cm³/mol. The molecule has 0 atom stereocenters. The Morgan fingerprint density at radius 2 is 0.838 bits per heavy atom. The summed E-state index contributed by atoms with van der Waals surface area (Å²) in [6, 6.07) is 51.6. The summed E-state index contributed by atoms with van der Waals surface area (Å²) >= 11 is 0. The van der Waals surface area contributed by atoms with Gasteiger partial charge in [0.25, 0.3) is 5.82 Å². The van der Waals surface area contributed by atoms with Gasteiger partial charge in [-0.1, -0.05) is 121 Å². The van der Waals surface area contributed by atoms with Gasteiger partial charge in [-0.25, -0.2) is 4.98 Å². The quantitative estimate of drug-likeness (QED) is 0.247. The first-order valence-electron chi connectivity index (χ1n) is 12.6. The number of hydrogen-bond acceptors (Lipinski definition) is 0. The Morgan fingerprint density at radius 3 is 1.41 bits per heavy atom. The van der Waals surface area contributed by atoms with E-state index in [2.05, 4.69) is 155 Å². The van der Waals surface area contributed by atoms with E-state index in [1.807, 2.05) is 0 Å². The SMILES string of the molecule is c1ccc(-c2c3ccccc3c(-c3ccccc3)c3c2[nH]c(-c2ccccc2)[n+]3-c2ccccc2)cc1. The number of rotatable bonds is 4. The highest BCUT2D eigenvalue weighted by molar-refractivity contribution is 6.18. The van der Waals surface area contributed by atoms with E-state index < -0.39 is 0 Å². The molecule has 0 spiro atoms. The fourth-order valence-corrected chi connectivity index (χ4v) is 5.49. The highest BCUT2D eigenvalue weighted by Gasteiger charge is 2.30. The van der Waals surface area contributed by atoms with Crippen molar-refractivity contribution in [2.24, 2.45) is 0 Å². The second-order valence-corrected chi connectivity index (χ2v) is 9.26. The van der Waals surface area contributed by atoms with Crippen molar-refractivity contribution in [2.45, 2.75) is 0 Å². The van der Waals surface area contributed by atoms with Gasteiger partial charge in [-0.2, -0.15) is 4.57 Å². The number of nitrogens with zero attached hydrogens (tertiary/aromatic N) is 1. The number of aromatic nitrogens is 2. The molecule has 0 saturated carbocycles. The monoisotopic (exact) mass is 473 g/mol. The molecule has 0 aliphatic rings. The van der Waals surface area contributed by atoms with Crippen LogP contribution in [0.1, 0.15) is 0 Å². The van der Waals surface area contributed by atoms with Gasteiger partial charge in [-0.3, -0.25) is 0 Å². The highest BCUT2D eigenvalue weighted by atomic mass is 15.1. The zero-order valence-corrected chi connectivity index (χ0v) is 20.3. The minimum atomic E-state index is 1.06. The molecule has 0 radical (unpaired) electrons. The zero-order valence-electron chi connectivity index (χ0n) is 20.3. The maximum Gasteiger partial charge on any atom is 0.292 e. The van der Waals surface area contributed by atoms with E-state index in [4.69, 9.17) is 0 Å². The van der Waals surface area contributed by atoms with Crippen molar-refractivity contribution in [3.63, 3.8) is 0 Å². The maximum atomic E-state index is 3.91. The molecular weight excluding hydrogens is 448 g/mol. The lowest BCUT2D eigenvalue weighted by molar-refractivity contribution is -0.554. The van der Waals surface area contributed by atoms with Crippen molar-refractivity contribution >= 4 is 21.8 Å². The van der Waals surface area contributed by atoms with Gasteiger partial charge in [0.1, 0.15) is 5.69 Å². The van der Waals surface area contributed by atoms with Gasteiger partial charge in [0.15, 0.2) is 11.0 Å². The van der Waals surface area contributed by atoms with Crippen molar-refractivity contribution in [1.82, 2.24) is 4.98 Å². The summed E-state index contributed by atoms with van der Waals surface area (Å²) in [4.78, 5) is 3.91. The van der Waals surface area contributed by atoms with Crippen LogP contribution in [0, 0.1) is 0 Å². The van der Waals surface area contributed by atoms with Gasteiger partial charge in [0, 0.05) is 11.1 Å². The van der Waals surface area contributed by atoms with E-state index in [-0.39, 0.29) is 0 Å². The largest absolute Gasteiger partial charge is 0.292 e. The molecule has 7 aromatic rings. The molecule has 1 aromatic heterocycles. The van der Waals surface area contributed by atoms with E-state index in [0.717, 1.165) is 22.6 Å². The van der Waals surface area contributed by atoms with Crippen molar-refractivity contribution in [3.05, 3.63) is 146 Å². The van der Waals surface area contributed by atoms with E-state index in [0.29, 0.717) is 0 Å². The Balaban J connectivity index is 1.76. The Bertz CT molecular complexity index is 1840. The van der Waals surface area contributed by atoms with E-state index in [1.54, 1.807) is 0 Å². The number of imidazole rings is 1. The Morgan fingerprint density at radius 1 is 0.405 bits per heavy atom. The van der Waals surface area contributed by atoms with Gasteiger partial charge in [0.2, 0.25) is 0 Å². The van der Waals surface area contributed by atoms with Crippen LogP contribution in [0.5, 0.6) is 0 Å². The molecule has 174 valence electrons. The highest BCUT2D eigenvalue weighted by Crippen LogP contribution is 2.43. The Kier molecular flexibility index (Phi) is 5.15. The molecule has 6 aromatic carbocycles. The molecule has 7 rings (SSSR count). The normalized spacial score (nSPS) is 11.2. The molecular formula is C35H25N2+. The first kappa shape index (κ1) is 21.3. The number of H-pyrrole nitrogens is 1. The molecule has 0 unspecified atom stereocenters. The summed E-state index contributed by atoms with van der Waals surface area (Å²) in [5, 5.41) is 2.48. The molecule has 0 amide bonds. The first-order valence-corrected chi connectivity index (χ1v) is 12.6. The molecule has 0 bridgehead atoms. The van der Waals surface area contributed by atoms with Crippen LogP contribution in [-0.2, 0) is 0 Å². The molecule has 0 aliphatic heterocycles. The fraction of sp³-hybridized carbons (Fsp3) is 0. The summed E-state index contributed by atoms with van der Waals surface area (Å²) < 4.78 is 2.39. The summed E-state index contributed by atoms with van der Waals surface area (Å²) in [7, 11) is 0. The van der Waals surface area contributed by atoms with Crippen LogP contribution >= 0.6 is 0 Å². The van der Waals surface area contributed by atoms with Crippen molar-refractivity contribution < 1.29 is 4.57 Å². The number of benzene rings is 6. The van der Waals surface area contributed by atoms with Crippen LogP contribution in [0.25, 0.3) is 61.1 Å². The molecule has 0 aliphatic carbocycles. The molecule has 0 saturated heterocycles. The number of aromatic amines is 1. The second kappa shape index (κ2) is 8.92. The van der Waals surface area contributed by atoms with E-state index in [9.17, 15) is 0 Å². The van der Waals surface area contributed by atoms with Crippen LogP contribution in [-0.4, -0.2) is 4.98 Å². The molecule has 1 heterocycles. The third-order valence-corrected chi connectivity index (χ3v) is 7.07. The Labute approximate surface area is 216 Å². The predicted octanol–water partition coefficient (Wildman–Crippen LogP) is 8.60. The fourth-order valence-electron chi connectivity index (χ4n) is 5.49. The van der Waals surface area contributed by atoms with Crippen LogP contribution in [0.2, 0.25) is 0 Å². The van der Waals surface area contributed by atoms with Crippen molar-refractivity contribution in [2.75, 3.05) is 0 Å². The molecule has 0 fully saturated rings. The van der Waals surface area contributed by atoms with Crippen molar-refractivity contribution in [3.8, 4) is 39.3 Å². The standard InChI is InChI=1S/C35H24N2/c1-5-15-25(16-6-1)31-29-23-13-14-24-30(29)32(26-17-7-2-8-18-26)34-33(31)36-35(27-19-9-3-10-20-27)37(34)28-21-11-4-12-22-28/h1-24H/p+1. The van der Waals surface area contributed by atoms with Gasteiger partial charge >= 0.3 is 0 Å². The zero-order chi connectivity index (χ0) is 24.6. The van der Waals surface area contributed by atoms with Crippen LogP contribution < -0.4 is 4.57 Å². The molecule has 37 heavy (non-hydrogen) atoms. The summed E-state index contributed by atoms with van der Waals surface area (Å²) in [5.41, 5.74) is 9.42. The maximum absolute atomic E-state index is 3.91. The summed E-state index contributed by atoms with van der Waals surface area (Å²) in [6.07, 6.45) is 0. The number of para-hydroxylation sites is 1. The first-order chi connectivity index (χ1) is 18.4.